The van der Waals surface area contributed by atoms with Crippen molar-refractivity contribution in [3.8, 4) is 6.07 Å². The highest BCUT2D eigenvalue weighted by Gasteiger charge is 2.53. The Balaban J connectivity index is 2.13. The third-order valence-corrected chi connectivity index (χ3v) is 2.29. The molecule has 0 aromatic heterocycles. The quantitative estimate of drug-likeness (QED) is 0.473. The van der Waals surface area contributed by atoms with Crippen molar-refractivity contribution in [3.63, 3.8) is 0 Å². The average Bonchev–Trinajstić information content (AvgIpc) is 1.93. The maximum absolute atomic E-state index is 8.72. The van der Waals surface area contributed by atoms with Gasteiger partial charge in [-0.3, -0.25) is 0 Å². The summed E-state index contributed by atoms with van der Waals surface area (Å²) in [6.07, 6.45) is 4.14. The van der Waals surface area contributed by atoms with Crippen LogP contribution in [0.1, 0.15) is 25.7 Å². The van der Waals surface area contributed by atoms with Crippen LogP contribution >= 0.6 is 0 Å². The maximum atomic E-state index is 8.72. The van der Waals surface area contributed by atoms with Crippen LogP contribution in [0, 0.1) is 11.3 Å². The Bertz CT molecular complexity index is 187. The Kier molecular flexibility index (Phi) is 1.19. The van der Waals surface area contributed by atoms with Crippen molar-refractivity contribution < 1.29 is 9.78 Å². The van der Waals surface area contributed by atoms with E-state index < -0.39 is 5.60 Å². The summed E-state index contributed by atoms with van der Waals surface area (Å²) in [5.74, 6) is 0. The second-order valence-electron chi connectivity index (χ2n) is 2.92. The maximum Gasteiger partial charge on any atom is 0.218 e. The van der Waals surface area contributed by atoms with Gasteiger partial charge in [-0.1, -0.05) is 6.42 Å². The molecular formula is C7H9NO2. The first-order chi connectivity index (χ1) is 4.87. The molecule has 1 saturated heterocycles. The van der Waals surface area contributed by atoms with Crippen molar-refractivity contribution in [2.75, 3.05) is 0 Å². The summed E-state index contributed by atoms with van der Waals surface area (Å²) in [6, 6.07) is 2.17. The minimum atomic E-state index is -0.557. The Morgan fingerprint density at radius 1 is 1.50 bits per heavy atom. The van der Waals surface area contributed by atoms with Crippen LogP contribution in [0.15, 0.2) is 0 Å². The molecule has 3 heteroatoms. The van der Waals surface area contributed by atoms with Crippen LogP contribution < -0.4 is 0 Å². The van der Waals surface area contributed by atoms with Gasteiger partial charge in [0.05, 0.1) is 0 Å². The summed E-state index contributed by atoms with van der Waals surface area (Å²) in [6.45, 7) is 0. The molecule has 2 unspecified atom stereocenters. The number of nitrogens with zero attached hydrogens (tertiary/aromatic N) is 1. The minimum Gasteiger partial charge on any atom is -0.227 e. The third-order valence-electron chi connectivity index (χ3n) is 2.29. The van der Waals surface area contributed by atoms with Crippen molar-refractivity contribution >= 4 is 0 Å². The summed E-state index contributed by atoms with van der Waals surface area (Å²) in [7, 11) is 0. The van der Waals surface area contributed by atoms with Gasteiger partial charge in [-0.2, -0.15) is 5.26 Å². The van der Waals surface area contributed by atoms with Crippen molar-refractivity contribution in [1.82, 2.24) is 0 Å². The van der Waals surface area contributed by atoms with E-state index >= 15 is 0 Å². The molecule has 10 heavy (non-hydrogen) atoms. The zero-order chi connectivity index (χ0) is 7.03. The van der Waals surface area contributed by atoms with E-state index in [1.807, 2.05) is 0 Å². The SMILES string of the molecule is N#CC12CCCCC1OO2. The number of rotatable bonds is 0. The van der Waals surface area contributed by atoms with Crippen LogP contribution in [-0.4, -0.2) is 11.7 Å². The lowest BCUT2D eigenvalue weighted by atomic mass is 9.82. The van der Waals surface area contributed by atoms with Crippen molar-refractivity contribution in [3.05, 3.63) is 0 Å². The van der Waals surface area contributed by atoms with Gasteiger partial charge >= 0.3 is 0 Å². The van der Waals surface area contributed by atoms with E-state index in [1.54, 1.807) is 0 Å². The number of nitriles is 1. The Labute approximate surface area is 59.5 Å². The van der Waals surface area contributed by atoms with E-state index in [4.69, 9.17) is 15.0 Å². The highest BCUT2D eigenvalue weighted by Crippen LogP contribution is 2.41. The molecule has 2 aliphatic rings. The first kappa shape index (κ1) is 6.14. The standard InChI is InChI=1S/C7H9NO2/c8-5-7-4-2-1-3-6(7)9-10-7/h6H,1-4H2. The van der Waals surface area contributed by atoms with Gasteiger partial charge < -0.3 is 0 Å². The number of fused-ring (bicyclic) bond motifs is 1. The van der Waals surface area contributed by atoms with Crippen molar-refractivity contribution in [2.24, 2.45) is 0 Å². The van der Waals surface area contributed by atoms with E-state index in [0.717, 1.165) is 25.7 Å². The van der Waals surface area contributed by atoms with Gasteiger partial charge in [0, 0.05) is 0 Å². The van der Waals surface area contributed by atoms with Crippen LogP contribution in [0.25, 0.3) is 0 Å². The van der Waals surface area contributed by atoms with Gasteiger partial charge in [0.2, 0.25) is 5.60 Å². The van der Waals surface area contributed by atoms with E-state index in [9.17, 15) is 0 Å². The summed E-state index contributed by atoms with van der Waals surface area (Å²) in [5, 5.41) is 8.72. The normalized spacial score (nSPS) is 44.9. The predicted octanol–water partition coefficient (Wildman–Crippen LogP) is 1.15. The molecule has 0 aromatic rings. The fraction of sp³-hybridized carbons (Fsp3) is 0.857. The monoisotopic (exact) mass is 139 g/mol. The Morgan fingerprint density at radius 3 is 2.80 bits per heavy atom. The van der Waals surface area contributed by atoms with Crippen LogP contribution in [0.4, 0.5) is 0 Å². The molecule has 2 rings (SSSR count). The molecule has 0 radical (unpaired) electrons. The molecule has 2 fully saturated rings. The largest absolute Gasteiger partial charge is 0.227 e. The molecule has 0 N–H and O–H groups in total. The third kappa shape index (κ3) is 0.606. The lowest BCUT2D eigenvalue weighted by Crippen LogP contribution is -2.56. The van der Waals surface area contributed by atoms with Crippen molar-refractivity contribution in [1.29, 1.82) is 5.26 Å². The zero-order valence-corrected chi connectivity index (χ0v) is 5.67. The number of hydrogen-bond acceptors (Lipinski definition) is 3. The molecule has 1 aliphatic carbocycles. The van der Waals surface area contributed by atoms with E-state index in [1.165, 1.54) is 0 Å². The van der Waals surface area contributed by atoms with Crippen molar-refractivity contribution in [2.45, 2.75) is 37.4 Å². The van der Waals surface area contributed by atoms with Gasteiger partial charge in [-0.05, 0) is 19.3 Å². The molecule has 3 nitrogen and oxygen atoms in total. The lowest BCUT2D eigenvalue weighted by molar-refractivity contribution is -0.499. The first-order valence-corrected chi connectivity index (χ1v) is 3.63. The molecular weight excluding hydrogens is 130 g/mol. The van der Waals surface area contributed by atoms with Gasteiger partial charge in [0.1, 0.15) is 12.2 Å². The fourth-order valence-corrected chi connectivity index (χ4v) is 1.58. The lowest BCUT2D eigenvalue weighted by Gasteiger charge is -2.44. The van der Waals surface area contributed by atoms with Crippen LogP contribution in [0.3, 0.4) is 0 Å². The van der Waals surface area contributed by atoms with Gasteiger partial charge in [-0.25, -0.2) is 9.78 Å². The fourth-order valence-electron chi connectivity index (χ4n) is 1.58. The van der Waals surface area contributed by atoms with Gasteiger partial charge in [0.25, 0.3) is 0 Å². The molecule has 0 aromatic carbocycles. The van der Waals surface area contributed by atoms with E-state index in [0.29, 0.717) is 0 Å². The summed E-state index contributed by atoms with van der Waals surface area (Å²) in [5.41, 5.74) is -0.557. The molecule has 54 valence electrons. The zero-order valence-electron chi connectivity index (χ0n) is 5.67. The van der Waals surface area contributed by atoms with Crippen LogP contribution in [-0.2, 0) is 9.78 Å². The van der Waals surface area contributed by atoms with E-state index in [2.05, 4.69) is 6.07 Å². The summed E-state index contributed by atoms with van der Waals surface area (Å²) < 4.78 is 0. The second kappa shape index (κ2) is 1.94. The van der Waals surface area contributed by atoms with Crippen LogP contribution in [0.2, 0.25) is 0 Å². The van der Waals surface area contributed by atoms with Gasteiger partial charge in [-0.15, -0.1) is 0 Å². The topological polar surface area (TPSA) is 42.2 Å². The van der Waals surface area contributed by atoms with Gasteiger partial charge in [0.15, 0.2) is 0 Å². The molecule has 1 saturated carbocycles. The van der Waals surface area contributed by atoms with E-state index in [-0.39, 0.29) is 6.10 Å². The second-order valence-corrected chi connectivity index (χ2v) is 2.92. The van der Waals surface area contributed by atoms with Crippen LogP contribution in [0.5, 0.6) is 0 Å². The highest BCUT2D eigenvalue weighted by atomic mass is 17.3. The molecule has 1 heterocycles. The molecule has 0 amide bonds. The summed E-state index contributed by atoms with van der Waals surface area (Å²) in [4.78, 5) is 9.62. The smallest absolute Gasteiger partial charge is 0.218 e. The molecule has 0 bridgehead atoms. The molecule has 1 aliphatic heterocycles. The Morgan fingerprint density at radius 2 is 2.40 bits per heavy atom. The predicted molar refractivity (Wildman–Crippen MR) is 32.8 cm³/mol. The Hall–Kier alpha value is -0.590. The highest BCUT2D eigenvalue weighted by molar-refractivity contribution is 5.11. The molecule has 0 spiro atoms. The summed E-state index contributed by atoms with van der Waals surface area (Å²) >= 11 is 0. The number of hydrogen-bond donors (Lipinski definition) is 0. The molecule has 2 atom stereocenters. The average molecular weight is 139 g/mol. The first-order valence-electron chi connectivity index (χ1n) is 3.63. The minimum absolute atomic E-state index is 0.0613.